The van der Waals surface area contributed by atoms with Crippen LogP contribution in [-0.4, -0.2) is 22.5 Å². The van der Waals surface area contributed by atoms with E-state index in [0.717, 1.165) is 16.5 Å². The lowest BCUT2D eigenvalue weighted by molar-refractivity contribution is 0.0992. The fourth-order valence-corrected chi connectivity index (χ4v) is 2.74. The predicted molar refractivity (Wildman–Crippen MR) is 100 cm³/mol. The van der Waals surface area contributed by atoms with E-state index in [0.29, 0.717) is 0 Å². The van der Waals surface area contributed by atoms with Gasteiger partial charge in [0.15, 0.2) is 5.69 Å². The molecule has 1 heterocycles. The number of aromatic amines is 1. The zero-order valence-electron chi connectivity index (χ0n) is 14.5. The van der Waals surface area contributed by atoms with Crippen molar-refractivity contribution in [3.63, 3.8) is 0 Å². The van der Waals surface area contributed by atoms with Gasteiger partial charge in [0.1, 0.15) is 11.6 Å². The van der Waals surface area contributed by atoms with Crippen molar-refractivity contribution in [2.45, 2.75) is 6.54 Å². The van der Waals surface area contributed by atoms with Gasteiger partial charge in [0, 0.05) is 12.6 Å². The van der Waals surface area contributed by atoms with Crippen LogP contribution in [-0.2, 0) is 6.54 Å². The predicted octanol–water partition coefficient (Wildman–Crippen LogP) is 1.58. The number of carbonyl (C=O) groups is 1. The molecule has 0 saturated heterocycles. The number of benzene rings is 2. The van der Waals surface area contributed by atoms with E-state index in [2.05, 4.69) is 4.98 Å². The van der Waals surface area contributed by atoms with E-state index in [-0.39, 0.29) is 23.6 Å². The Balaban J connectivity index is 2.05. The third kappa shape index (κ3) is 3.64. The van der Waals surface area contributed by atoms with Crippen LogP contribution in [0, 0.1) is 5.82 Å². The van der Waals surface area contributed by atoms with Crippen LogP contribution >= 0.6 is 0 Å². The smallest absolute Gasteiger partial charge is 0.330 e. The number of aromatic nitrogens is 2. The van der Waals surface area contributed by atoms with Crippen LogP contribution in [0.3, 0.4) is 0 Å². The van der Waals surface area contributed by atoms with E-state index in [1.165, 1.54) is 29.8 Å². The summed E-state index contributed by atoms with van der Waals surface area (Å²) in [6, 6.07) is 14.1. The van der Waals surface area contributed by atoms with Gasteiger partial charge in [-0.15, -0.1) is 0 Å². The number of rotatable bonds is 4. The molecule has 0 atom stereocenters. The second-order valence-corrected chi connectivity index (χ2v) is 5.94. The minimum Gasteiger partial charge on any atom is -0.383 e. The monoisotopic (exact) mass is 368 g/mol. The number of H-pyrrole nitrogens is 1. The summed E-state index contributed by atoms with van der Waals surface area (Å²) in [5.74, 6) is -1.36. The Bertz CT molecular complexity index is 1110. The molecule has 138 valence electrons. The van der Waals surface area contributed by atoms with Crippen molar-refractivity contribution in [2.24, 2.45) is 0 Å². The lowest BCUT2D eigenvalue weighted by Crippen LogP contribution is -2.39. The van der Waals surface area contributed by atoms with Gasteiger partial charge >= 0.3 is 5.69 Å². The molecule has 3 rings (SSSR count). The molecule has 3 N–H and O–H groups in total. The van der Waals surface area contributed by atoms with E-state index in [1.54, 1.807) is 12.1 Å². The van der Waals surface area contributed by atoms with Gasteiger partial charge < -0.3 is 10.6 Å². The van der Waals surface area contributed by atoms with Crippen molar-refractivity contribution in [3.05, 3.63) is 92.4 Å². The number of halogens is 1. The van der Waals surface area contributed by atoms with Crippen LogP contribution in [0.15, 0.2) is 64.2 Å². The molecule has 0 spiro atoms. The zero-order valence-corrected chi connectivity index (χ0v) is 14.5. The van der Waals surface area contributed by atoms with E-state index in [1.807, 2.05) is 18.2 Å². The largest absolute Gasteiger partial charge is 0.383 e. The topological polar surface area (TPSA) is 101 Å². The maximum atomic E-state index is 13.4. The van der Waals surface area contributed by atoms with E-state index >= 15 is 0 Å². The molecule has 0 radical (unpaired) electrons. The van der Waals surface area contributed by atoms with Crippen molar-refractivity contribution < 1.29 is 9.18 Å². The summed E-state index contributed by atoms with van der Waals surface area (Å²) >= 11 is 0. The zero-order chi connectivity index (χ0) is 19.6. The van der Waals surface area contributed by atoms with Crippen LogP contribution in [0.5, 0.6) is 0 Å². The number of nitrogens with one attached hydrogen (secondary N) is 1. The summed E-state index contributed by atoms with van der Waals surface area (Å²) in [6.45, 7) is 0.122. The van der Waals surface area contributed by atoms with Crippen LogP contribution in [0.25, 0.3) is 0 Å². The molecule has 8 heteroatoms. The molecule has 0 saturated carbocycles. The molecular formula is C19H17FN4O3. The highest BCUT2D eigenvalue weighted by atomic mass is 19.1. The summed E-state index contributed by atoms with van der Waals surface area (Å²) in [6.07, 6.45) is 0. The lowest BCUT2D eigenvalue weighted by atomic mass is 10.2. The van der Waals surface area contributed by atoms with Gasteiger partial charge in [-0.05, 0) is 23.8 Å². The second kappa shape index (κ2) is 7.28. The standard InChI is InChI=1S/C19H17FN4O3/c1-23(18(26)13-8-5-9-14(20)10-13)15-16(21)24(19(27)22-17(15)25)11-12-6-3-2-4-7-12/h2-10H,11,21H2,1H3,(H,22,25,27). The number of carbonyl (C=O) groups excluding carboxylic acids is 1. The maximum Gasteiger partial charge on any atom is 0.330 e. The minimum absolute atomic E-state index is 0.0529. The van der Waals surface area contributed by atoms with E-state index in [9.17, 15) is 18.8 Å². The Hall–Kier alpha value is -3.68. The molecular weight excluding hydrogens is 351 g/mol. The highest BCUT2D eigenvalue weighted by Crippen LogP contribution is 2.19. The summed E-state index contributed by atoms with van der Waals surface area (Å²) < 4.78 is 14.6. The molecule has 0 fully saturated rings. The number of amides is 1. The van der Waals surface area contributed by atoms with Gasteiger partial charge in [-0.3, -0.25) is 19.1 Å². The Labute approximate surface area is 153 Å². The van der Waals surface area contributed by atoms with Gasteiger partial charge in [0.25, 0.3) is 11.5 Å². The Morgan fingerprint density at radius 3 is 2.52 bits per heavy atom. The van der Waals surface area contributed by atoms with Crippen LogP contribution in [0.4, 0.5) is 15.9 Å². The van der Waals surface area contributed by atoms with Crippen molar-refractivity contribution in [1.29, 1.82) is 0 Å². The molecule has 0 aliphatic carbocycles. The fourth-order valence-electron chi connectivity index (χ4n) is 2.74. The van der Waals surface area contributed by atoms with Gasteiger partial charge in [-0.2, -0.15) is 0 Å². The summed E-state index contributed by atoms with van der Waals surface area (Å²) in [4.78, 5) is 40.3. The molecule has 1 aromatic heterocycles. The van der Waals surface area contributed by atoms with Crippen molar-refractivity contribution >= 4 is 17.4 Å². The quantitative estimate of drug-likeness (QED) is 0.730. The molecule has 1 amide bonds. The third-order valence-electron chi connectivity index (χ3n) is 4.11. The summed E-state index contributed by atoms with van der Waals surface area (Å²) in [5, 5.41) is 0. The first-order valence-corrected chi connectivity index (χ1v) is 8.08. The number of nitrogens with two attached hydrogens (primary N) is 1. The van der Waals surface area contributed by atoms with Crippen molar-refractivity contribution in [1.82, 2.24) is 9.55 Å². The summed E-state index contributed by atoms with van der Waals surface area (Å²) in [5.41, 5.74) is 5.24. The minimum atomic E-state index is -0.797. The number of nitrogens with zero attached hydrogens (tertiary/aromatic N) is 2. The first kappa shape index (κ1) is 18.1. The molecule has 3 aromatic rings. The molecule has 0 aliphatic heterocycles. The lowest BCUT2D eigenvalue weighted by Gasteiger charge is -2.20. The van der Waals surface area contributed by atoms with E-state index < -0.39 is 23.0 Å². The van der Waals surface area contributed by atoms with Crippen LogP contribution in [0.2, 0.25) is 0 Å². The fraction of sp³-hybridized carbons (Fsp3) is 0.105. The number of anilines is 2. The molecule has 2 aromatic carbocycles. The number of hydrogen-bond donors (Lipinski definition) is 2. The Kier molecular flexibility index (Phi) is 4.89. The molecule has 7 nitrogen and oxygen atoms in total. The molecule has 27 heavy (non-hydrogen) atoms. The average Bonchev–Trinajstić information content (AvgIpc) is 2.65. The average molecular weight is 368 g/mol. The van der Waals surface area contributed by atoms with Gasteiger partial charge in [-0.1, -0.05) is 36.4 Å². The molecule has 0 unspecified atom stereocenters. The van der Waals surface area contributed by atoms with Crippen LogP contribution < -0.4 is 21.9 Å². The van der Waals surface area contributed by atoms with Crippen molar-refractivity contribution in [2.75, 3.05) is 17.7 Å². The maximum absolute atomic E-state index is 13.4. The highest BCUT2D eigenvalue weighted by Gasteiger charge is 2.22. The van der Waals surface area contributed by atoms with E-state index in [4.69, 9.17) is 5.73 Å². The molecule has 0 bridgehead atoms. The van der Waals surface area contributed by atoms with Gasteiger partial charge in [-0.25, -0.2) is 9.18 Å². The second-order valence-electron chi connectivity index (χ2n) is 5.94. The SMILES string of the molecule is CN(C(=O)c1cccc(F)c1)c1c(N)n(Cc2ccccc2)c(=O)[nH]c1=O. The normalized spacial score (nSPS) is 10.6. The molecule has 0 aliphatic rings. The first-order valence-electron chi connectivity index (χ1n) is 8.08. The van der Waals surface area contributed by atoms with Gasteiger partial charge in [0.05, 0.1) is 6.54 Å². The summed E-state index contributed by atoms with van der Waals surface area (Å²) in [7, 11) is 1.34. The van der Waals surface area contributed by atoms with Crippen LogP contribution in [0.1, 0.15) is 15.9 Å². The Morgan fingerprint density at radius 1 is 1.15 bits per heavy atom. The van der Waals surface area contributed by atoms with Crippen molar-refractivity contribution in [3.8, 4) is 0 Å². The highest BCUT2D eigenvalue weighted by molar-refractivity contribution is 6.06. The number of hydrogen-bond acceptors (Lipinski definition) is 4. The Morgan fingerprint density at radius 2 is 1.85 bits per heavy atom. The first-order chi connectivity index (χ1) is 12.9. The third-order valence-corrected chi connectivity index (χ3v) is 4.11. The van der Waals surface area contributed by atoms with Gasteiger partial charge in [0.2, 0.25) is 0 Å². The number of nitrogen functional groups attached to an aromatic ring is 1.